The lowest BCUT2D eigenvalue weighted by molar-refractivity contribution is -0.136. The summed E-state index contributed by atoms with van der Waals surface area (Å²) in [6, 6.07) is 16.8. The number of hydrogen-bond acceptors (Lipinski definition) is 3. The van der Waals surface area contributed by atoms with E-state index in [1.807, 2.05) is 12.1 Å². The molecule has 0 aliphatic rings. The predicted octanol–water partition coefficient (Wildman–Crippen LogP) is 2.41. The quantitative estimate of drug-likeness (QED) is 0.685. The van der Waals surface area contributed by atoms with Crippen molar-refractivity contribution in [2.24, 2.45) is 0 Å². The molecule has 0 fully saturated rings. The normalized spacial score (nSPS) is 11.4. The monoisotopic (exact) mass is 269 g/mol. The van der Waals surface area contributed by atoms with Crippen LogP contribution >= 0.6 is 0 Å². The van der Waals surface area contributed by atoms with Crippen molar-refractivity contribution < 1.29 is 14.3 Å². The summed E-state index contributed by atoms with van der Waals surface area (Å²) in [4.78, 5) is 23.7. The van der Waals surface area contributed by atoms with Gasteiger partial charge in [-0.05, 0) is 31.2 Å². The van der Waals surface area contributed by atoms with E-state index in [1.54, 1.807) is 55.5 Å². The first kappa shape index (κ1) is 13.8. The summed E-state index contributed by atoms with van der Waals surface area (Å²) in [5, 5.41) is 2.60. The standard InChI is InChI=1S/C16H15NO3/c1-12(16(19)20-14-10-6-3-7-11-14)17-15(18)13-8-4-2-5-9-13/h2-12H,1H3,(H,17,18)/t12-/m1/s1. The molecule has 0 aliphatic carbocycles. The topological polar surface area (TPSA) is 55.4 Å². The number of ether oxygens (including phenoxy) is 1. The van der Waals surface area contributed by atoms with E-state index in [0.29, 0.717) is 11.3 Å². The predicted molar refractivity (Wildman–Crippen MR) is 75.4 cm³/mol. The minimum absolute atomic E-state index is 0.303. The number of carbonyl (C=O) groups excluding carboxylic acids is 2. The number of hydrogen-bond donors (Lipinski definition) is 1. The van der Waals surface area contributed by atoms with Gasteiger partial charge in [-0.25, -0.2) is 4.79 Å². The summed E-state index contributed by atoms with van der Waals surface area (Å²) in [6.45, 7) is 1.59. The van der Waals surface area contributed by atoms with Gasteiger partial charge in [-0.3, -0.25) is 4.79 Å². The Bertz CT molecular complexity index is 581. The number of amides is 1. The second-order valence-corrected chi connectivity index (χ2v) is 4.30. The highest BCUT2D eigenvalue weighted by atomic mass is 16.5. The fourth-order valence-electron chi connectivity index (χ4n) is 1.62. The van der Waals surface area contributed by atoms with E-state index in [4.69, 9.17) is 4.74 Å². The maximum absolute atomic E-state index is 11.9. The Kier molecular flexibility index (Phi) is 4.50. The van der Waals surface area contributed by atoms with E-state index in [2.05, 4.69) is 5.32 Å². The summed E-state index contributed by atoms with van der Waals surface area (Å²) in [6.07, 6.45) is 0. The van der Waals surface area contributed by atoms with E-state index in [1.165, 1.54) is 0 Å². The Morgan fingerprint density at radius 1 is 0.950 bits per heavy atom. The fraction of sp³-hybridized carbons (Fsp3) is 0.125. The van der Waals surface area contributed by atoms with Gasteiger partial charge in [0, 0.05) is 5.56 Å². The summed E-state index contributed by atoms with van der Waals surface area (Å²) in [7, 11) is 0. The van der Waals surface area contributed by atoms with Crippen LogP contribution in [-0.4, -0.2) is 17.9 Å². The molecule has 2 aromatic rings. The van der Waals surface area contributed by atoms with Gasteiger partial charge in [0.25, 0.3) is 5.91 Å². The van der Waals surface area contributed by atoms with Crippen LogP contribution in [0.2, 0.25) is 0 Å². The van der Waals surface area contributed by atoms with Crippen molar-refractivity contribution in [3.05, 3.63) is 66.2 Å². The van der Waals surface area contributed by atoms with Gasteiger partial charge in [-0.1, -0.05) is 36.4 Å². The molecule has 4 heteroatoms. The third-order valence-electron chi connectivity index (χ3n) is 2.70. The van der Waals surface area contributed by atoms with E-state index in [0.717, 1.165) is 0 Å². The van der Waals surface area contributed by atoms with Crippen LogP contribution in [0.15, 0.2) is 60.7 Å². The van der Waals surface area contributed by atoms with Crippen molar-refractivity contribution in [3.63, 3.8) is 0 Å². The van der Waals surface area contributed by atoms with Gasteiger partial charge in [0.2, 0.25) is 0 Å². The molecule has 0 radical (unpaired) electrons. The third-order valence-corrected chi connectivity index (χ3v) is 2.70. The molecule has 1 N–H and O–H groups in total. The van der Waals surface area contributed by atoms with Gasteiger partial charge in [0.15, 0.2) is 0 Å². The average molecular weight is 269 g/mol. The van der Waals surface area contributed by atoms with Crippen LogP contribution in [0.25, 0.3) is 0 Å². The van der Waals surface area contributed by atoms with Gasteiger partial charge < -0.3 is 10.1 Å². The molecule has 0 saturated carbocycles. The van der Waals surface area contributed by atoms with E-state index >= 15 is 0 Å². The molecule has 0 heterocycles. The average Bonchev–Trinajstić information content (AvgIpc) is 2.49. The summed E-state index contributed by atoms with van der Waals surface area (Å²) < 4.78 is 5.16. The summed E-state index contributed by atoms with van der Waals surface area (Å²) >= 11 is 0. The lowest BCUT2D eigenvalue weighted by atomic mass is 10.2. The second kappa shape index (κ2) is 6.52. The number of rotatable bonds is 4. The summed E-state index contributed by atoms with van der Waals surface area (Å²) in [5.41, 5.74) is 0.506. The van der Waals surface area contributed by atoms with Crippen LogP contribution in [0, 0.1) is 0 Å². The molecular formula is C16H15NO3. The molecular weight excluding hydrogens is 254 g/mol. The number of carbonyl (C=O) groups is 2. The fourth-order valence-corrected chi connectivity index (χ4v) is 1.62. The first-order chi connectivity index (χ1) is 9.66. The Morgan fingerprint density at radius 2 is 1.50 bits per heavy atom. The molecule has 0 unspecified atom stereocenters. The van der Waals surface area contributed by atoms with Crippen molar-refractivity contribution in [3.8, 4) is 5.75 Å². The highest BCUT2D eigenvalue weighted by molar-refractivity contribution is 5.96. The number of esters is 1. The zero-order chi connectivity index (χ0) is 14.4. The molecule has 0 saturated heterocycles. The Hall–Kier alpha value is -2.62. The molecule has 1 amide bonds. The highest BCUT2D eigenvalue weighted by Gasteiger charge is 2.18. The first-order valence-corrected chi connectivity index (χ1v) is 6.29. The Balaban J connectivity index is 1.93. The van der Waals surface area contributed by atoms with Gasteiger partial charge in [0.1, 0.15) is 11.8 Å². The van der Waals surface area contributed by atoms with Crippen LogP contribution in [0.3, 0.4) is 0 Å². The lowest BCUT2D eigenvalue weighted by Crippen LogP contribution is -2.40. The lowest BCUT2D eigenvalue weighted by Gasteiger charge is -2.13. The second-order valence-electron chi connectivity index (χ2n) is 4.30. The smallest absolute Gasteiger partial charge is 0.333 e. The van der Waals surface area contributed by atoms with Crippen LogP contribution in [0.4, 0.5) is 0 Å². The zero-order valence-electron chi connectivity index (χ0n) is 11.1. The number of benzene rings is 2. The number of para-hydroxylation sites is 1. The van der Waals surface area contributed by atoms with E-state index in [-0.39, 0.29) is 5.91 Å². The molecule has 4 nitrogen and oxygen atoms in total. The van der Waals surface area contributed by atoms with Crippen LogP contribution < -0.4 is 10.1 Å². The van der Waals surface area contributed by atoms with Crippen molar-refractivity contribution >= 4 is 11.9 Å². The first-order valence-electron chi connectivity index (χ1n) is 6.29. The van der Waals surface area contributed by atoms with Crippen molar-refractivity contribution in [2.75, 3.05) is 0 Å². The molecule has 0 spiro atoms. The molecule has 102 valence electrons. The summed E-state index contributed by atoms with van der Waals surface area (Å²) in [5.74, 6) is -0.345. The minimum Gasteiger partial charge on any atom is -0.425 e. The van der Waals surface area contributed by atoms with Crippen molar-refractivity contribution in [1.29, 1.82) is 0 Å². The van der Waals surface area contributed by atoms with Crippen molar-refractivity contribution in [2.45, 2.75) is 13.0 Å². The van der Waals surface area contributed by atoms with Gasteiger partial charge in [-0.2, -0.15) is 0 Å². The van der Waals surface area contributed by atoms with Gasteiger partial charge in [0.05, 0.1) is 0 Å². The van der Waals surface area contributed by atoms with Crippen LogP contribution in [0.5, 0.6) is 5.75 Å². The van der Waals surface area contributed by atoms with Crippen LogP contribution in [0.1, 0.15) is 17.3 Å². The highest BCUT2D eigenvalue weighted by Crippen LogP contribution is 2.09. The van der Waals surface area contributed by atoms with Crippen LogP contribution in [-0.2, 0) is 4.79 Å². The molecule has 20 heavy (non-hydrogen) atoms. The molecule has 1 atom stereocenters. The molecule has 0 bridgehead atoms. The van der Waals surface area contributed by atoms with E-state index in [9.17, 15) is 9.59 Å². The van der Waals surface area contributed by atoms with Gasteiger partial charge in [-0.15, -0.1) is 0 Å². The van der Waals surface area contributed by atoms with E-state index < -0.39 is 12.0 Å². The largest absolute Gasteiger partial charge is 0.425 e. The number of nitrogens with one attached hydrogen (secondary N) is 1. The molecule has 2 rings (SSSR count). The molecule has 0 aliphatic heterocycles. The SMILES string of the molecule is C[C@@H](NC(=O)c1ccccc1)C(=O)Oc1ccccc1. The molecule has 0 aromatic heterocycles. The maximum atomic E-state index is 11.9. The minimum atomic E-state index is -0.720. The molecule has 2 aromatic carbocycles. The maximum Gasteiger partial charge on any atom is 0.333 e. The zero-order valence-corrected chi connectivity index (χ0v) is 11.1. The van der Waals surface area contributed by atoms with Gasteiger partial charge >= 0.3 is 5.97 Å². The third kappa shape index (κ3) is 3.68. The Labute approximate surface area is 117 Å². The van der Waals surface area contributed by atoms with Crippen molar-refractivity contribution in [1.82, 2.24) is 5.32 Å². The Morgan fingerprint density at radius 3 is 2.10 bits per heavy atom.